The number of aryl methyl sites for hydroxylation is 3. The number of aromatic carboxylic acids is 1. The minimum Gasteiger partial charge on any atom is -0.478 e. The Kier molecular flexibility index (Phi) is 23.1. The molecule has 11 heterocycles. The number of nitrogens with zero attached hydrogens (tertiary/aromatic N) is 13. The van der Waals surface area contributed by atoms with Crippen LogP contribution in [-0.2, 0) is 0 Å². The number of anilines is 7. The number of pyridine rings is 3. The van der Waals surface area contributed by atoms with Gasteiger partial charge in [0, 0.05) is 145 Å². The van der Waals surface area contributed by atoms with Gasteiger partial charge in [-0.2, -0.15) is 15.0 Å². The number of carboxylic acid groups (broad SMARTS) is 1. The number of nitrogens with two attached hydrogens (primary N) is 1. The number of carbonyl (C=O) groups excluding carboxylic acids is 2. The topological polar surface area (TPSA) is 263 Å². The molecule has 0 atom stereocenters. The lowest BCUT2D eigenvalue weighted by Crippen LogP contribution is -2.40. The molecule has 2 aliphatic carbocycles. The van der Waals surface area contributed by atoms with Gasteiger partial charge in [0.25, 0.3) is 29.6 Å². The van der Waals surface area contributed by atoms with Crippen LogP contribution in [0.2, 0.25) is 25.5 Å². The lowest BCUT2D eigenvalue weighted by atomic mass is 9.93. The molecule has 0 unspecified atom stereocenters. The number of aromatic nitrogens is 9. The van der Waals surface area contributed by atoms with E-state index in [0.29, 0.717) is 57.0 Å². The van der Waals surface area contributed by atoms with Crippen molar-refractivity contribution in [2.24, 2.45) is 10.8 Å². The second kappa shape index (κ2) is 30.4. The van der Waals surface area contributed by atoms with Crippen molar-refractivity contribution >= 4 is 117 Å². The summed E-state index contributed by atoms with van der Waals surface area (Å²) in [7, 11) is 0. The highest BCUT2D eigenvalue weighted by atomic mass is 35.5. The van der Waals surface area contributed by atoms with Gasteiger partial charge in [-0.15, -0.1) is 0 Å². The maximum Gasteiger partial charge on any atom is 0.338 e. The third-order valence-corrected chi connectivity index (χ3v) is 18.6. The quantitative estimate of drug-likeness (QED) is 0.0665. The molecule has 32 heteroatoms. The van der Waals surface area contributed by atoms with Crippen molar-refractivity contribution in [1.29, 1.82) is 0 Å². The number of rotatable bonds is 9. The first-order valence-corrected chi connectivity index (χ1v) is 32.6. The summed E-state index contributed by atoms with van der Waals surface area (Å²) >= 11 is 28.8. The molecular formula is C62H72Cl5F6N17O4. The Bertz CT molecular complexity index is 3640. The van der Waals surface area contributed by atoms with Crippen molar-refractivity contribution in [2.45, 2.75) is 128 Å². The highest BCUT2D eigenvalue weighted by molar-refractivity contribution is 6.37. The number of nitrogens with one attached hydrogen (secondary N) is 3. The van der Waals surface area contributed by atoms with E-state index in [0.717, 1.165) is 48.9 Å². The molecule has 0 radical (unpaired) electrons. The van der Waals surface area contributed by atoms with E-state index < -0.39 is 29.6 Å². The lowest BCUT2D eigenvalue weighted by Gasteiger charge is -2.34. The smallest absolute Gasteiger partial charge is 0.338 e. The average molecular weight is 1410 g/mol. The van der Waals surface area contributed by atoms with Crippen molar-refractivity contribution in [1.82, 2.24) is 50.2 Å². The van der Waals surface area contributed by atoms with Crippen LogP contribution in [0, 0.1) is 31.6 Å². The molecule has 6 N–H and O–H groups in total. The number of halogens is 11. The average Bonchev–Trinajstić information content (AvgIpc) is 1.51. The maximum absolute atomic E-state index is 13.5. The summed E-state index contributed by atoms with van der Waals surface area (Å²) in [5.41, 5.74) is 10.3. The van der Waals surface area contributed by atoms with Gasteiger partial charge in [-0.1, -0.05) is 58.0 Å². The molecule has 5 aliphatic heterocycles. The van der Waals surface area contributed by atoms with Crippen LogP contribution in [-0.4, -0.2) is 151 Å². The van der Waals surface area contributed by atoms with Gasteiger partial charge in [0.1, 0.15) is 32.9 Å². The summed E-state index contributed by atoms with van der Waals surface area (Å²) in [5, 5.41) is 18.3. The van der Waals surface area contributed by atoms with E-state index >= 15 is 0 Å². The van der Waals surface area contributed by atoms with Crippen LogP contribution in [0.5, 0.6) is 0 Å². The lowest BCUT2D eigenvalue weighted by molar-refractivity contribution is -0.0229. The van der Waals surface area contributed by atoms with E-state index in [1.54, 1.807) is 59.7 Å². The van der Waals surface area contributed by atoms with Gasteiger partial charge >= 0.3 is 5.97 Å². The molecule has 506 valence electrons. The second-order valence-electron chi connectivity index (χ2n) is 24.6. The summed E-state index contributed by atoms with van der Waals surface area (Å²) in [6.07, 6.45) is 13.4. The predicted molar refractivity (Wildman–Crippen MR) is 351 cm³/mol. The minimum absolute atomic E-state index is 0.0453. The van der Waals surface area contributed by atoms with Gasteiger partial charge in [-0.05, 0) is 114 Å². The van der Waals surface area contributed by atoms with Gasteiger partial charge in [0.15, 0.2) is 0 Å². The number of carbonyl (C=O) groups is 3. The SMILES string of the molecule is C1CC2(CCN1)CC2.Cc1cc(N)nc(N2CCC(F)(F)CC2)n1.Cc1cc(NC(=O)c2cnc(Cl)cc2Cl)nc(N2CCC(F)(F)CC2)n1.Cc1cc(NC(=O)c2cnc(Cl)cc2N2CCC3(CC2)CC3)nc(N2CCC(F)(F)CC2)n1.O=C(O)c1cnc(Cl)cc1Cl. The molecule has 0 aromatic carbocycles. The fourth-order valence-electron chi connectivity index (χ4n) is 11.2. The van der Waals surface area contributed by atoms with E-state index in [1.807, 2.05) is 0 Å². The van der Waals surface area contributed by atoms with Crippen molar-refractivity contribution < 1.29 is 45.8 Å². The minimum atomic E-state index is -2.66. The maximum atomic E-state index is 13.5. The first kappa shape index (κ1) is 71.4. The molecule has 6 aromatic heterocycles. The van der Waals surface area contributed by atoms with Crippen LogP contribution >= 0.6 is 58.0 Å². The summed E-state index contributed by atoms with van der Waals surface area (Å²) in [4.78, 5) is 80.5. The van der Waals surface area contributed by atoms with Crippen molar-refractivity contribution in [2.75, 3.05) is 101 Å². The molecule has 2 amide bonds. The number of hydrogen-bond donors (Lipinski definition) is 5. The summed E-state index contributed by atoms with van der Waals surface area (Å²) in [5.74, 6) is -7.75. The molecule has 7 aliphatic rings. The van der Waals surface area contributed by atoms with E-state index in [4.69, 9.17) is 68.8 Å². The third kappa shape index (κ3) is 20.3. The van der Waals surface area contributed by atoms with Crippen molar-refractivity contribution in [3.05, 3.63) is 114 Å². The molecule has 2 saturated carbocycles. The summed E-state index contributed by atoms with van der Waals surface area (Å²) < 4.78 is 79.6. The molecular weight excluding hydrogens is 1340 g/mol. The predicted octanol–water partition coefficient (Wildman–Crippen LogP) is 13.5. The Labute approximate surface area is 564 Å². The zero-order chi connectivity index (χ0) is 67.8. The number of nitrogen functional groups attached to an aromatic ring is 1. The van der Waals surface area contributed by atoms with Crippen molar-refractivity contribution in [3.63, 3.8) is 0 Å². The molecule has 6 aromatic rings. The number of piperidine rings is 5. The van der Waals surface area contributed by atoms with E-state index in [1.165, 1.54) is 76.1 Å². The number of amides is 2. The number of alkyl halides is 6. The zero-order valence-corrected chi connectivity index (χ0v) is 55.7. The normalized spacial score (nSPS) is 19.3. The van der Waals surface area contributed by atoms with Crippen LogP contribution in [0.3, 0.4) is 0 Å². The first-order chi connectivity index (χ1) is 44.4. The zero-order valence-electron chi connectivity index (χ0n) is 51.9. The molecule has 94 heavy (non-hydrogen) atoms. The number of hydrogen-bond acceptors (Lipinski definition) is 18. The van der Waals surface area contributed by atoms with Crippen LogP contribution < -0.4 is 41.3 Å². The van der Waals surface area contributed by atoms with Gasteiger partial charge < -0.3 is 46.4 Å². The van der Waals surface area contributed by atoms with Crippen LogP contribution in [0.1, 0.15) is 138 Å². The van der Waals surface area contributed by atoms with Crippen molar-refractivity contribution in [3.8, 4) is 0 Å². The molecule has 7 fully saturated rings. The number of carboxylic acids is 1. The van der Waals surface area contributed by atoms with E-state index in [2.05, 4.69) is 65.7 Å². The Hall–Kier alpha value is -6.91. The van der Waals surface area contributed by atoms with Gasteiger partial charge in [0.2, 0.25) is 17.8 Å². The van der Waals surface area contributed by atoms with Gasteiger partial charge in [-0.3, -0.25) is 9.59 Å². The Morgan fingerprint density at radius 2 is 0.809 bits per heavy atom. The Morgan fingerprint density at radius 1 is 0.457 bits per heavy atom. The Morgan fingerprint density at radius 3 is 1.19 bits per heavy atom. The van der Waals surface area contributed by atoms with E-state index in [9.17, 15) is 40.7 Å². The van der Waals surface area contributed by atoms with Crippen LogP contribution in [0.25, 0.3) is 0 Å². The molecule has 2 spiro atoms. The molecule has 13 rings (SSSR count). The molecule has 0 bridgehead atoms. The molecule has 21 nitrogen and oxygen atoms in total. The van der Waals surface area contributed by atoms with Gasteiger partial charge in [0.05, 0.1) is 32.4 Å². The summed E-state index contributed by atoms with van der Waals surface area (Å²) in [6.45, 7) is 10.8. The molecule has 5 saturated heterocycles. The Balaban J connectivity index is 0.000000150. The van der Waals surface area contributed by atoms with Crippen LogP contribution in [0.15, 0.2) is 55.0 Å². The first-order valence-electron chi connectivity index (χ1n) is 30.7. The van der Waals surface area contributed by atoms with Gasteiger partial charge in [-0.25, -0.2) is 61.0 Å². The van der Waals surface area contributed by atoms with E-state index in [-0.39, 0.29) is 121 Å². The second-order valence-corrected chi connectivity index (χ2v) is 26.6. The summed E-state index contributed by atoms with van der Waals surface area (Å²) in [6, 6.07) is 9.29. The highest BCUT2D eigenvalue weighted by Crippen LogP contribution is 2.54. The standard InChI is InChI=1S/C23H27ClF2N6O.C16H15Cl2F2N5O.C10H14F2N4.C7H13N.C6H3Cl2NO2/c1-15-12-19(30-21(28-15)32-10-6-23(25,26)7-11-32)29-20(33)16-14-27-18(24)13-17(16)31-8-4-22(2-3-22)5-9-31;1-9-6-13(23-14(26)10-8-21-12(18)7-11(10)17)24-15(22-9)25-4-2-16(19,20)3-5-25;1-7-6-8(13)15-9(14-7)16-4-2-10(11,12)3-5-16;1-2-7(1)3-5-8-6-4-7;7-4-1-5(8)9-2-3(4)6(10)11/h12-14H,2-11H2,1H3,(H,28,29,30,33);6-8H,2-5H2,1H3,(H,22,23,24,26);6H,2-5H2,1H3,(H2,13,14,15);8H,1-6H2;1-2H,(H,10,11). The largest absolute Gasteiger partial charge is 0.478 e. The third-order valence-electron chi connectivity index (χ3n) is 17.3. The highest BCUT2D eigenvalue weighted by Gasteiger charge is 2.45. The fourth-order valence-corrected chi connectivity index (χ4v) is 12.3. The van der Waals surface area contributed by atoms with Crippen LogP contribution in [0.4, 0.5) is 67.3 Å². The fraction of sp³-hybridized carbons (Fsp3) is 0.516. The monoisotopic (exact) mass is 1410 g/mol.